The van der Waals surface area contributed by atoms with Crippen LogP contribution in [0.4, 0.5) is 0 Å². The van der Waals surface area contributed by atoms with E-state index in [0.717, 1.165) is 37.9 Å². The number of carbonyl (C=O) groups is 1. The fraction of sp³-hybridized carbons (Fsp3) is 0.955. The lowest BCUT2D eigenvalue weighted by Gasteiger charge is -2.32. The highest BCUT2D eigenvalue weighted by molar-refractivity contribution is 7.92. The third kappa shape index (κ3) is 11.5. The minimum absolute atomic E-state index is 0.0698. The zero-order valence-electron chi connectivity index (χ0n) is 17.3. The number of hydrogen-bond acceptors (Lipinski definition) is 3. The van der Waals surface area contributed by atoms with E-state index in [-0.39, 0.29) is 17.3 Å². The molecule has 4 heteroatoms. The summed E-state index contributed by atoms with van der Waals surface area (Å²) in [6, 6.07) is 0. The summed E-state index contributed by atoms with van der Waals surface area (Å²) in [5.74, 6) is 0.545. The van der Waals surface area contributed by atoms with Gasteiger partial charge in [0.2, 0.25) is 0 Å². The van der Waals surface area contributed by atoms with Gasteiger partial charge in [0.05, 0.1) is 0 Å². The van der Waals surface area contributed by atoms with Gasteiger partial charge < -0.3 is 9.29 Å². The van der Waals surface area contributed by atoms with Crippen LogP contribution in [0.25, 0.3) is 0 Å². The first-order chi connectivity index (χ1) is 12.6. The van der Waals surface area contributed by atoms with E-state index in [4.69, 9.17) is 4.74 Å². The van der Waals surface area contributed by atoms with Crippen LogP contribution in [-0.2, 0) is 20.7 Å². The average Bonchev–Trinajstić information content (AvgIpc) is 2.62. The Balaban J connectivity index is 1.98. The zero-order chi connectivity index (χ0) is 19.0. The Bertz CT molecular complexity index is 348. The van der Waals surface area contributed by atoms with Gasteiger partial charge in [0, 0.05) is 6.92 Å². The minimum Gasteiger partial charge on any atom is -0.616 e. The molecule has 1 unspecified atom stereocenters. The van der Waals surface area contributed by atoms with Gasteiger partial charge in [-0.25, -0.2) is 0 Å². The van der Waals surface area contributed by atoms with Gasteiger partial charge in [-0.2, -0.15) is 0 Å². The Labute approximate surface area is 165 Å². The maximum Gasteiger partial charge on any atom is 0.303 e. The van der Waals surface area contributed by atoms with E-state index in [2.05, 4.69) is 6.92 Å². The van der Waals surface area contributed by atoms with E-state index < -0.39 is 11.2 Å². The van der Waals surface area contributed by atoms with Crippen LogP contribution < -0.4 is 0 Å². The summed E-state index contributed by atoms with van der Waals surface area (Å²) in [5, 5.41) is 0.0698. The van der Waals surface area contributed by atoms with Crippen molar-refractivity contribution >= 4 is 17.1 Å². The molecule has 1 aliphatic rings. The quantitative estimate of drug-likeness (QED) is 0.188. The molecule has 0 aromatic heterocycles. The molecule has 0 N–H and O–H groups in total. The summed E-state index contributed by atoms with van der Waals surface area (Å²) < 4.78 is 18.0. The minimum atomic E-state index is -0.845. The Hall–Kier alpha value is -0.220. The second-order valence-electron chi connectivity index (χ2n) is 7.94. The monoisotopic (exact) mass is 386 g/mol. The van der Waals surface area contributed by atoms with Gasteiger partial charge in [0.1, 0.15) is 11.9 Å². The molecule has 1 aliphatic carbocycles. The molecule has 0 heterocycles. The maximum atomic E-state index is 12.6. The zero-order valence-corrected chi connectivity index (χ0v) is 18.1. The lowest BCUT2D eigenvalue weighted by molar-refractivity contribution is -0.147. The molecule has 0 saturated heterocycles. The van der Waals surface area contributed by atoms with Gasteiger partial charge in [-0.1, -0.05) is 71.1 Å². The Morgan fingerprint density at radius 2 is 1.38 bits per heavy atom. The molecular weight excluding hydrogens is 344 g/mol. The predicted octanol–water partition coefficient (Wildman–Crippen LogP) is 6.31. The average molecular weight is 387 g/mol. The van der Waals surface area contributed by atoms with Crippen molar-refractivity contribution in [1.29, 1.82) is 0 Å². The Morgan fingerprint density at radius 1 is 0.885 bits per heavy atom. The van der Waals surface area contributed by atoms with Crippen LogP contribution >= 0.6 is 0 Å². The van der Waals surface area contributed by atoms with Crippen molar-refractivity contribution in [3.05, 3.63) is 0 Å². The van der Waals surface area contributed by atoms with Gasteiger partial charge in [-0.3, -0.25) is 4.79 Å². The van der Waals surface area contributed by atoms with Crippen molar-refractivity contribution < 1.29 is 14.1 Å². The largest absolute Gasteiger partial charge is 0.616 e. The number of esters is 1. The lowest BCUT2D eigenvalue weighted by Crippen LogP contribution is -2.40. The number of rotatable bonds is 15. The first-order valence-electron chi connectivity index (χ1n) is 11.2. The molecule has 0 bridgehead atoms. The van der Waals surface area contributed by atoms with Crippen LogP contribution in [0.1, 0.15) is 117 Å². The summed E-state index contributed by atoms with van der Waals surface area (Å²) in [4.78, 5) is 11.2. The van der Waals surface area contributed by atoms with Gasteiger partial charge in [0.25, 0.3) is 0 Å². The molecule has 3 nitrogen and oxygen atoms in total. The second kappa shape index (κ2) is 15.8. The molecule has 1 fully saturated rings. The number of hydrogen-bond donors (Lipinski definition) is 0. The summed E-state index contributed by atoms with van der Waals surface area (Å²) >= 11 is -0.845. The SMILES string of the molecule is CCCCCCCCCCCCCC[S+]([O-])[C@H]1CCCC[C@@H]1OC(C)=O. The van der Waals surface area contributed by atoms with Crippen LogP contribution in [0.15, 0.2) is 0 Å². The summed E-state index contributed by atoms with van der Waals surface area (Å²) in [6.45, 7) is 3.72. The van der Waals surface area contributed by atoms with Gasteiger partial charge in [0.15, 0.2) is 5.25 Å². The second-order valence-corrected chi connectivity index (χ2v) is 9.72. The van der Waals surface area contributed by atoms with Crippen LogP contribution in [0, 0.1) is 0 Å². The molecule has 0 spiro atoms. The van der Waals surface area contributed by atoms with E-state index >= 15 is 0 Å². The molecule has 1 saturated carbocycles. The molecule has 0 amide bonds. The number of unbranched alkanes of at least 4 members (excludes halogenated alkanes) is 11. The first-order valence-corrected chi connectivity index (χ1v) is 12.6. The van der Waals surface area contributed by atoms with Crippen molar-refractivity contribution in [2.75, 3.05) is 5.75 Å². The van der Waals surface area contributed by atoms with E-state index in [1.54, 1.807) is 0 Å². The fourth-order valence-electron chi connectivity index (χ4n) is 3.95. The van der Waals surface area contributed by atoms with E-state index in [1.165, 1.54) is 77.6 Å². The summed E-state index contributed by atoms with van der Waals surface area (Å²) in [7, 11) is 0. The van der Waals surface area contributed by atoms with Gasteiger partial charge in [-0.15, -0.1) is 0 Å². The van der Waals surface area contributed by atoms with Crippen LogP contribution in [0.5, 0.6) is 0 Å². The standard InChI is InChI=1S/C22H42O3S/c1-3-4-5-6-7-8-9-10-11-12-13-16-19-26(24)22-18-15-14-17-21(22)25-20(2)23/h21-22H,3-19H2,1-2H3/t21-,22-,26?/m0/s1. The highest BCUT2D eigenvalue weighted by atomic mass is 32.2. The third-order valence-electron chi connectivity index (χ3n) is 5.50. The van der Waals surface area contributed by atoms with E-state index in [1.807, 2.05) is 0 Å². The molecule has 1 rings (SSSR count). The highest BCUT2D eigenvalue weighted by Crippen LogP contribution is 2.28. The van der Waals surface area contributed by atoms with Crippen molar-refractivity contribution in [2.24, 2.45) is 0 Å². The van der Waals surface area contributed by atoms with Gasteiger partial charge >= 0.3 is 5.97 Å². The molecule has 0 aliphatic heterocycles. The molecule has 0 aromatic rings. The molecule has 154 valence electrons. The van der Waals surface area contributed by atoms with E-state index in [0.29, 0.717) is 0 Å². The molecule has 0 radical (unpaired) electrons. The smallest absolute Gasteiger partial charge is 0.303 e. The summed E-state index contributed by atoms with van der Waals surface area (Å²) in [6.07, 6.45) is 19.8. The summed E-state index contributed by atoms with van der Waals surface area (Å²) in [5.41, 5.74) is 0. The topological polar surface area (TPSA) is 49.4 Å². The van der Waals surface area contributed by atoms with Crippen LogP contribution in [0.2, 0.25) is 0 Å². The Morgan fingerprint density at radius 3 is 1.92 bits per heavy atom. The van der Waals surface area contributed by atoms with Crippen molar-refractivity contribution in [1.82, 2.24) is 0 Å². The van der Waals surface area contributed by atoms with Crippen molar-refractivity contribution in [2.45, 2.75) is 128 Å². The highest BCUT2D eigenvalue weighted by Gasteiger charge is 2.35. The van der Waals surface area contributed by atoms with Crippen molar-refractivity contribution in [3.8, 4) is 0 Å². The molecule has 0 aromatic carbocycles. The Kier molecular flexibility index (Phi) is 14.5. The number of ether oxygens (including phenoxy) is 1. The van der Waals surface area contributed by atoms with E-state index in [9.17, 15) is 9.35 Å². The molecule has 26 heavy (non-hydrogen) atoms. The fourth-order valence-corrected chi connectivity index (χ4v) is 5.70. The number of carbonyl (C=O) groups excluding carboxylic acids is 1. The molecular formula is C22H42O3S. The predicted molar refractivity (Wildman–Crippen MR) is 112 cm³/mol. The van der Waals surface area contributed by atoms with Gasteiger partial charge in [-0.05, 0) is 49.7 Å². The maximum absolute atomic E-state index is 12.6. The van der Waals surface area contributed by atoms with Crippen molar-refractivity contribution in [3.63, 3.8) is 0 Å². The van der Waals surface area contributed by atoms with Crippen LogP contribution in [-0.4, -0.2) is 27.6 Å². The molecule has 3 atom stereocenters. The lowest BCUT2D eigenvalue weighted by atomic mass is 9.97. The normalized spacial score (nSPS) is 21.5. The first kappa shape index (κ1) is 23.8. The third-order valence-corrected chi connectivity index (χ3v) is 7.40. The van der Waals surface area contributed by atoms with Crippen LogP contribution in [0.3, 0.4) is 0 Å².